The summed E-state index contributed by atoms with van der Waals surface area (Å²) in [5.41, 5.74) is 6.38. The number of nitrogens with one attached hydrogen (secondary N) is 1. The van der Waals surface area contributed by atoms with Crippen LogP contribution >= 0.6 is 11.6 Å². The summed E-state index contributed by atoms with van der Waals surface area (Å²) < 4.78 is 0. The summed E-state index contributed by atoms with van der Waals surface area (Å²) in [6.45, 7) is 5.22. The minimum absolute atomic E-state index is 0.255. The number of nitrogens with two attached hydrogens (primary N) is 1. The van der Waals surface area contributed by atoms with Gasteiger partial charge < -0.3 is 11.1 Å². The topological polar surface area (TPSA) is 55.1 Å². The lowest BCUT2D eigenvalue weighted by molar-refractivity contribution is -0.120. The Hall–Kier alpha value is -1.06. The summed E-state index contributed by atoms with van der Waals surface area (Å²) in [7, 11) is 0. The van der Waals surface area contributed by atoms with Crippen LogP contribution in [0, 0.1) is 6.92 Å². The standard InChI is InChI=1S/C11H15ClN2O/c1-7-4-5-8(12)9(6-7)14-10(15)11(2,3)13/h4-6H,13H2,1-3H3,(H,14,15). The van der Waals surface area contributed by atoms with Crippen molar-refractivity contribution in [1.82, 2.24) is 0 Å². The van der Waals surface area contributed by atoms with Crippen molar-refractivity contribution in [3.8, 4) is 0 Å². The first-order valence-electron chi connectivity index (χ1n) is 4.67. The number of anilines is 1. The highest BCUT2D eigenvalue weighted by molar-refractivity contribution is 6.33. The molecule has 82 valence electrons. The highest BCUT2D eigenvalue weighted by Crippen LogP contribution is 2.23. The largest absolute Gasteiger partial charge is 0.323 e. The van der Waals surface area contributed by atoms with Crippen LogP contribution in [-0.4, -0.2) is 11.4 Å². The number of carbonyl (C=O) groups is 1. The number of carbonyl (C=O) groups excluding carboxylic acids is 1. The Kier molecular flexibility index (Phi) is 3.37. The van der Waals surface area contributed by atoms with Crippen LogP contribution in [0.1, 0.15) is 19.4 Å². The Morgan fingerprint density at radius 3 is 2.60 bits per heavy atom. The predicted octanol–water partition coefficient (Wildman–Crippen LogP) is 2.32. The Bertz CT molecular complexity index is 383. The van der Waals surface area contributed by atoms with Gasteiger partial charge in [0.25, 0.3) is 0 Å². The molecule has 0 unspecified atom stereocenters. The van der Waals surface area contributed by atoms with Crippen LogP contribution in [0.5, 0.6) is 0 Å². The zero-order chi connectivity index (χ0) is 11.6. The molecule has 4 heteroatoms. The molecule has 1 aromatic rings. The van der Waals surface area contributed by atoms with Gasteiger partial charge in [0.15, 0.2) is 0 Å². The summed E-state index contributed by atoms with van der Waals surface area (Å²) in [5, 5.41) is 3.21. The van der Waals surface area contributed by atoms with E-state index in [9.17, 15) is 4.79 Å². The minimum atomic E-state index is -0.910. The van der Waals surface area contributed by atoms with E-state index in [1.807, 2.05) is 19.1 Å². The maximum atomic E-state index is 11.6. The van der Waals surface area contributed by atoms with Gasteiger partial charge in [-0.3, -0.25) is 4.79 Å². The summed E-state index contributed by atoms with van der Waals surface area (Å²) >= 11 is 5.93. The first-order valence-corrected chi connectivity index (χ1v) is 5.05. The van der Waals surface area contributed by atoms with E-state index in [1.165, 1.54) is 0 Å². The van der Waals surface area contributed by atoms with Crippen LogP contribution in [0.25, 0.3) is 0 Å². The SMILES string of the molecule is Cc1ccc(Cl)c(NC(=O)C(C)(C)N)c1. The maximum Gasteiger partial charge on any atom is 0.243 e. The highest BCUT2D eigenvalue weighted by atomic mass is 35.5. The van der Waals surface area contributed by atoms with Crippen LogP contribution in [-0.2, 0) is 4.79 Å². The van der Waals surface area contributed by atoms with Gasteiger partial charge in [-0.1, -0.05) is 17.7 Å². The smallest absolute Gasteiger partial charge is 0.243 e. The first-order chi connectivity index (χ1) is 6.80. The van der Waals surface area contributed by atoms with Gasteiger partial charge in [-0.05, 0) is 38.5 Å². The summed E-state index contributed by atoms with van der Waals surface area (Å²) in [4.78, 5) is 11.6. The van der Waals surface area contributed by atoms with E-state index in [0.29, 0.717) is 10.7 Å². The average Bonchev–Trinajstić information content (AvgIpc) is 2.09. The molecule has 1 aromatic carbocycles. The van der Waals surface area contributed by atoms with Gasteiger partial charge in [-0.25, -0.2) is 0 Å². The van der Waals surface area contributed by atoms with E-state index >= 15 is 0 Å². The third-order valence-corrected chi connectivity index (χ3v) is 2.28. The van der Waals surface area contributed by atoms with Crippen molar-refractivity contribution in [3.05, 3.63) is 28.8 Å². The molecule has 0 aliphatic heterocycles. The van der Waals surface area contributed by atoms with Crippen LogP contribution in [0.4, 0.5) is 5.69 Å². The number of halogens is 1. The van der Waals surface area contributed by atoms with E-state index in [2.05, 4.69) is 5.32 Å². The van der Waals surface area contributed by atoms with Crippen molar-refractivity contribution in [1.29, 1.82) is 0 Å². The molecular formula is C11H15ClN2O. The molecule has 0 saturated carbocycles. The first kappa shape index (κ1) is 12.0. The zero-order valence-corrected chi connectivity index (χ0v) is 9.85. The van der Waals surface area contributed by atoms with E-state index < -0.39 is 5.54 Å². The van der Waals surface area contributed by atoms with Gasteiger partial charge in [-0.2, -0.15) is 0 Å². The predicted molar refractivity (Wildman–Crippen MR) is 63.1 cm³/mol. The summed E-state index contributed by atoms with van der Waals surface area (Å²) in [5.74, 6) is -0.255. The number of hydrogen-bond acceptors (Lipinski definition) is 2. The lowest BCUT2D eigenvalue weighted by Crippen LogP contribution is -2.45. The number of aryl methyl sites for hydroxylation is 1. The second kappa shape index (κ2) is 4.21. The van der Waals surface area contributed by atoms with Crippen molar-refractivity contribution in [2.24, 2.45) is 5.73 Å². The van der Waals surface area contributed by atoms with E-state index in [4.69, 9.17) is 17.3 Å². The molecule has 0 fully saturated rings. The minimum Gasteiger partial charge on any atom is -0.323 e. The fraction of sp³-hybridized carbons (Fsp3) is 0.364. The molecule has 0 aromatic heterocycles. The second-order valence-electron chi connectivity index (χ2n) is 4.16. The summed E-state index contributed by atoms with van der Waals surface area (Å²) in [6, 6.07) is 5.44. The number of benzene rings is 1. The molecule has 1 amide bonds. The van der Waals surface area contributed by atoms with E-state index in [-0.39, 0.29) is 5.91 Å². The monoisotopic (exact) mass is 226 g/mol. The van der Waals surface area contributed by atoms with Gasteiger partial charge in [0, 0.05) is 0 Å². The summed E-state index contributed by atoms with van der Waals surface area (Å²) in [6.07, 6.45) is 0. The van der Waals surface area contributed by atoms with Crippen molar-refractivity contribution in [2.45, 2.75) is 26.3 Å². The number of hydrogen-bond donors (Lipinski definition) is 2. The van der Waals surface area contributed by atoms with Gasteiger partial charge in [0.2, 0.25) is 5.91 Å². The molecule has 0 saturated heterocycles. The molecule has 0 radical (unpaired) electrons. The van der Waals surface area contributed by atoms with Gasteiger partial charge >= 0.3 is 0 Å². The van der Waals surface area contributed by atoms with Crippen molar-refractivity contribution in [3.63, 3.8) is 0 Å². The van der Waals surface area contributed by atoms with Gasteiger partial charge in [-0.15, -0.1) is 0 Å². The third-order valence-electron chi connectivity index (χ3n) is 1.96. The van der Waals surface area contributed by atoms with E-state index in [0.717, 1.165) is 5.56 Å². The van der Waals surface area contributed by atoms with Gasteiger partial charge in [0.05, 0.1) is 16.2 Å². The fourth-order valence-corrected chi connectivity index (χ4v) is 1.18. The van der Waals surface area contributed by atoms with Crippen molar-refractivity contribution >= 4 is 23.2 Å². The van der Waals surface area contributed by atoms with Crippen molar-refractivity contribution in [2.75, 3.05) is 5.32 Å². The third kappa shape index (κ3) is 3.22. The molecule has 0 bridgehead atoms. The lowest BCUT2D eigenvalue weighted by Gasteiger charge is -2.18. The second-order valence-corrected chi connectivity index (χ2v) is 4.57. The van der Waals surface area contributed by atoms with Crippen LogP contribution in [0.2, 0.25) is 5.02 Å². The molecule has 3 N–H and O–H groups in total. The molecule has 3 nitrogen and oxygen atoms in total. The molecule has 1 rings (SSSR count). The molecule has 15 heavy (non-hydrogen) atoms. The average molecular weight is 227 g/mol. The zero-order valence-electron chi connectivity index (χ0n) is 9.10. The van der Waals surface area contributed by atoms with Crippen LogP contribution in [0.3, 0.4) is 0 Å². The van der Waals surface area contributed by atoms with E-state index in [1.54, 1.807) is 19.9 Å². The van der Waals surface area contributed by atoms with Gasteiger partial charge in [0.1, 0.15) is 0 Å². The lowest BCUT2D eigenvalue weighted by atomic mass is 10.1. The Morgan fingerprint density at radius 1 is 1.47 bits per heavy atom. The van der Waals surface area contributed by atoms with Crippen molar-refractivity contribution < 1.29 is 4.79 Å². The molecular weight excluding hydrogens is 212 g/mol. The molecule has 0 aliphatic rings. The normalized spacial score (nSPS) is 11.3. The fourth-order valence-electron chi connectivity index (χ4n) is 1.02. The number of amides is 1. The number of rotatable bonds is 2. The quantitative estimate of drug-likeness (QED) is 0.813. The Labute approximate surface area is 94.6 Å². The maximum absolute atomic E-state index is 11.6. The molecule has 0 spiro atoms. The molecule has 0 aliphatic carbocycles. The highest BCUT2D eigenvalue weighted by Gasteiger charge is 2.22. The Morgan fingerprint density at radius 2 is 2.07 bits per heavy atom. The molecule has 0 heterocycles. The Balaban J connectivity index is 2.90. The van der Waals surface area contributed by atoms with Crippen LogP contribution < -0.4 is 11.1 Å². The molecule has 0 atom stereocenters. The van der Waals surface area contributed by atoms with Crippen LogP contribution in [0.15, 0.2) is 18.2 Å².